The van der Waals surface area contributed by atoms with Gasteiger partial charge in [0, 0.05) is 30.0 Å². The number of imidazole rings is 1. The third-order valence-corrected chi connectivity index (χ3v) is 5.93. The maximum Gasteiger partial charge on any atom is 0.243 e. The van der Waals surface area contributed by atoms with Crippen molar-refractivity contribution >= 4 is 5.91 Å². The van der Waals surface area contributed by atoms with Crippen molar-refractivity contribution in [2.45, 2.75) is 39.7 Å². The fourth-order valence-corrected chi connectivity index (χ4v) is 4.66. The first-order valence-electron chi connectivity index (χ1n) is 9.29. The lowest BCUT2D eigenvalue weighted by Crippen LogP contribution is -2.63. The summed E-state index contributed by atoms with van der Waals surface area (Å²) >= 11 is 0. The highest BCUT2D eigenvalue weighted by atomic mass is 19.1. The molecule has 1 unspecified atom stereocenters. The smallest absolute Gasteiger partial charge is 0.243 e. The lowest BCUT2D eigenvalue weighted by atomic mass is 9.61. The van der Waals surface area contributed by atoms with Gasteiger partial charge in [-0.2, -0.15) is 5.26 Å². The minimum absolute atomic E-state index is 0.0823. The number of benzene rings is 1. The maximum absolute atomic E-state index is 13.3. The molecule has 2 heterocycles. The van der Waals surface area contributed by atoms with Crippen LogP contribution in [0, 0.1) is 33.9 Å². The molecule has 1 saturated carbocycles. The zero-order valence-corrected chi connectivity index (χ0v) is 15.8. The number of carbonyl (C=O) groups is 1. The molecule has 1 amide bonds. The first-order chi connectivity index (χ1) is 12.8. The number of rotatable bonds is 3. The third-order valence-electron chi connectivity index (χ3n) is 5.93. The van der Waals surface area contributed by atoms with E-state index < -0.39 is 5.41 Å². The number of amides is 1. The fourth-order valence-electron chi connectivity index (χ4n) is 4.66. The number of aromatic nitrogens is 2. The lowest BCUT2D eigenvalue weighted by Gasteiger charge is -2.56. The van der Waals surface area contributed by atoms with Crippen molar-refractivity contribution in [3.05, 3.63) is 48.3 Å². The number of carbonyl (C=O) groups excluding carboxylic acids is 1. The summed E-state index contributed by atoms with van der Waals surface area (Å²) in [6, 6.07) is 8.28. The number of halogens is 1. The summed E-state index contributed by atoms with van der Waals surface area (Å²) in [7, 11) is 0. The second-order valence-corrected chi connectivity index (χ2v) is 8.66. The highest BCUT2D eigenvalue weighted by Gasteiger charge is 2.58. The molecule has 1 aromatic carbocycles. The molecule has 5 nitrogen and oxygen atoms in total. The van der Waals surface area contributed by atoms with Crippen LogP contribution in [0.15, 0.2) is 36.7 Å². The molecule has 1 aliphatic heterocycles. The Morgan fingerprint density at radius 3 is 2.52 bits per heavy atom. The van der Waals surface area contributed by atoms with Crippen molar-refractivity contribution in [2.24, 2.45) is 16.7 Å². The van der Waals surface area contributed by atoms with Crippen molar-refractivity contribution in [3.8, 4) is 11.8 Å². The van der Waals surface area contributed by atoms with Crippen LogP contribution in [0.4, 0.5) is 4.39 Å². The van der Waals surface area contributed by atoms with Crippen LogP contribution in [0.3, 0.4) is 0 Å². The van der Waals surface area contributed by atoms with Crippen LogP contribution >= 0.6 is 0 Å². The molecule has 0 spiro atoms. The van der Waals surface area contributed by atoms with E-state index in [4.69, 9.17) is 0 Å². The standard InChI is InChI=1S/C21H23FN4O/c1-14-10-21(11-14,12-23)19(27)26-13-20(2,3)17(26)18-24-8-9-25(18)16-6-4-15(22)5-7-16/h4-9,14,17H,10-11,13H2,1-3H3. The first-order valence-corrected chi connectivity index (χ1v) is 9.29. The predicted molar refractivity (Wildman–Crippen MR) is 98.2 cm³/mol. The van der Waals surface area contributed by atoms with Gasteiger partial charge in [0.05, 0.1) is 12.1 Å². The first kappa shape index (κ1) is 17.7. The van der Waals surface area contributed by atoms with Gasteiger partial charge in [-0.05, 0) is 43.0 Å². The molecule has 2 fully saturated rings. The predicted octanol–water partition coefficient (Wildman–Crippen LogP) is 3.86. The normalized spacial score (nSPS) is 28.8. The van der Waals surface area contributed by atoms with Crippen molar-refractivity contribution < 1.29 is 9.18 Å². The second-order valence-electron chi connectivity index (χ2n) is 8.66. The molecule has 0 radical (unpaired) electrons. The van der Waals surface area contributed by atoms with Gasteiger partial charge >= 0.3 is 0 Å². The van der Waals surface area contributed by atoms with Crippen molar-refractivity contribution in [3.63, 3.8) is 0 Å². The van der Waals surface area contributed by atoms with Gasteiger partial charge in [-0.15, -0.1) is 0 Å². The molecule has 4 rings (SSSR count). The van der Waals surface area contributed by atoms with Gasteiger partial charge in [0.25, 0.3) is 0 Å². The van der Waals surface area contributed by atoms with Crippen LogP contribution in [0.25, 0.3) is 5.69 Å². The molecular weight excluding hydrogens is 343 g/mol. The van der Waals surface area contributed by atoms with E-state index in [0.29, 0.717) is 25.3 Å². The monoisotopic (exact) mass is 366 g/mol. The molecule has 140 valence electrons. The molecule has 1 aromatic heterocycles. The summed E-state index contributed by atoms with van der Waals surface area (Å²) < 4.78 is 15.2. The van der Waals surface area contributed by atoms with Crippen LogP contribution in [0.5, 0.6) is 0 Å². The summed E-state index contributed by atoms with van der Waals surface area (Å²) in [6.07, 6.45) is 4.77. The summed E-state index contributed by atoms with van der Waals surface area (Å²) in [6.45, 7) is 6.88. The molecule has 2 aromatic rings. The van der Waals surface area contributed by atoms with Crippen LogP contribution < -0.4 is 0 Å². The van der Waals surface area contributed by atoms with E-state index in [9.17, 15) is 14.4 Å². The number of hydrogen-bond acceptors (Lipinski definition) is 3. The molecule has 27 heavy (non-hydrogen) atoms. The Kier molecular flexibility index (Phi) is 3.88. The molecule has 6 heteroatoms. The Hall–Kier alpha value is -2.68. The van der Waals surface area contributed by atoms with E-state index in [1.807, 2.05) is 10.8 Å². The van der Waals surface area contributed by atoms with Crippen molar-refractivity contribution in [1.29, 1.82) is 5.26 Å². The van der Waals surface area contributed by atoms with E-state index in [-0.39, 0.29) is 23.2 Å². The molecule has 0 N–H and O–H groups in total. The number of hydrogen-bond donors (Lipinski definition) is 0. The van der Waals surface area contributed by atoms with E-state index in [0.717, 1.165) is 11.5 Å². The third kappa shape index (κ3) is 2.64. The number of likely N-dealkylation sites (tertiary alicyclic amines) is 1. The Labute approximate surface area is 158 Å². The van der Waals surface area contributed by atoms with E-state index in [1.165, 1.54) is 12.1 Å². The van der Waals surface area contributed by atoms with Crippen LogP contribution in [-0.2, 0) is 4.79 Å². The highest BCUT2D eigenvalue weighted by molar-refractivity contribution is 5.87. The summed E-state index contributed by atoms with van der Waals surface area (Å²) in [5, 5.41) is 9.64. The molecular formula is C21H23FN4O. The SMILES string of the molecule is CC1CC(C#N)(C(=O)N2CC(C)(C)C2c2nccn2-c2ccc(F)cc2)C1. The van der Waals surface area contributed by atoms with Gasteiger partial charge < -0.3 is 9.47 Å². The fraction of sp³-hybridized carbons (Fsp3) is 0.476. The quantitative estimate of drug-likeness (QED) is 0.829. The lowest BCUT2D eigenvalue weighted by molar-refractivity contribution is -0.167. The van der Waals surface area contributed by atoms with Gasteiger partial charge in [0.15, 0.2) is 0 Å². The summed E-state index contributed by atoms with van der Waals surface area (Å²) in [4.78, 5) is 19.5. The summed E-state index contributed by atoms with van der Waals surface area (Å²) in [5.74, 6) is 0.770. The Morgan fingerprint density at radius 1 is 1.30 bits per heavy atom. The molecule has 1 atom stereocenters. The molecule has 2 aliphatic rings. The Balaban J connectivity index is 1.68. The Bertz CT molecular complexity index is 918. The van der Waals surface area contributed by atoms with Gasteiger partial charge in [0.2, 0.25) is 5.91 Å². The second kappa shape index (κ2) is 5.91. The van der Waals surface area contributed by atoms with Gasteiger partial charge in [-0.1, -0.05) is 20.8 Å². The largest absolute Gasteiger partial charge is 0.330 e. The van der Waals surface area contributed by atoms with Gasteiger partial charge in [-0.3, -0.25) is 4.79 Å². The van der Waals surface area contributed by atoms with Crippen LogP contribution in [0.2, 0.25) is 0 Å². The van der Waals surface area contributed by atoms with Crippen molar-refractivity contribution in [2.75, 3.05) is 6.54 Å². The van der Waals surface area contributed by atoms with Gasteiger partial charge in [-0.25, -0.2) is 9.37 Å². The van der Waals surface area contributed by atoms with E-state index in [2.05, 4.69) is 31.8 Å². The summed E-state index contributed by atoms with van der Waals surface area (Å²) in [5.41, 5.74) is -0.238. The topological polar surface area (TPSA) is 61.9 Å². The van der Waals surface area contributed by atoms with E-state index >= 15 is 0 Å². The zero-order valence-electron chi connectivity index (χ0n) is 15.8. The van der Waals surface area contributed by atoms with Crippen LogP contribution in [-0.4, -0.2) is 26.9 Å². The average molecular weight is 366 g/mol. The number of nitrogens with zero attached hydrogens (tertiary/aromatic N) is 4. The Morgan fingerprint density at radius 2 is 1.96 bits per heavy atom. The number of nitriles is 1. The molecule has 1 aliphatic carbocycles. The average Bonchev–Trinajstić information content (AvgIpc) is 3.05. The van der Waals surface area contributed by atoms with E-state index in [1.54, 1.807) is 23.2 Å². The van der Waals surface area contributed by atoms with Gasteiger partial charge in [0.1, 0.15) is 17.1 Å². The van der Waals surface area contributed by atoms with Crippen molar-refractivity contribution in [1.82, 2.24) is 14.5 Å². The minimum Gasteiger partial charge on any atom is -0.330 e. The highest BCUT2D eigenvalue weighted by Crippen LogP contribution is 2.54. The zero-order chi connectivity index (χ0) is 19.4. The molecule has 0 bridgehead atoms. The molecule has 1 saturated heterocycles. The minimum atomic E-state index is -0.887. The maximum atomic E-state index is 13.3. The van der Waals surface area contributed by atoms with Crippen LogP contribution in [0.1, 0.15) is 45.5 Å².